The Kier molecular flexibility index (Phi) is 5.03. The molecule has 1 saturated heterocycles. The maximum absolute atomic E-state index is 11.8. The van der Waals surface area contributed by atoms with Crippen LogP contribution in [-0.4, -0.2) is 35.7 Å². The Hall–Kier alpha value is -1.79. The SMILES string of the molecule is O=C(NNC(=O)c1ccc(Cl)cc1Cl)C(=O)N1CCCC1. The van der Waals surface area contributed by atoms with E-state index in [4.69, 9.17) is 23.2 Å². The van der Waals surface area contributed by atoms with Crippen molar-refractivity contribution in [2.45, 2.75) is 12.8 Å². The molecule has 0 saturated carbocycles. The van der Waals surface area contributed by atoms with Crippen molar-refractivity contribution >= 4 is 40.9 Å². The molecule has 0 aromatic heterocycles. The smallest absolute Gasteiger partial charge is 0.327 e. The molecule has 6 nitrogen and oxygen atoms in total. The van der Waals surface area contributed by atoms with Gasteiger partial charge in [-0.2, -0.15) is 0 Å². The zero-order valence-electron chi connectivity index (χ0n) is 11.0. The number of benzene rings is 1. The van der Waals surface area contributed by atoms with E-state index in [1.54, 1.807) is 0 Å². The van der Waals surface area contributed by atoms with Gasteiger partial charge in [0.15, 0.2) is 0 Å². The Bertz CT molecular complexity index is 586. The molecule has 0 bridgehead atoms. The zero-order chi connectivity index (χ0) is 15.4. The molecule has 21 heavy (non-hydrogen) atoms. The fraction of sp³-hybridized carbons (Fsp3) is 0.308. The number of rotatable bonds is 1. The van der Waals surface area contributed by atoms with Gasteiger partial charge in [-0.15, -0.1) is 0 Å². The van der Waals surface area contributed by atoms with Crippen molar-refractivity contribution in [2.24, 2.45) is 0 Å². The van der Waals surface area contributed by atoms with Crippen LogP contribution < -0.4 is 10.9 Å². The van der Waals surface area contributed by atoms with Gasteiger partial charge in [0.25, 0.3) is 5.91 Å². The highest BCUT2D eigenvalue weighted by Gasteiger charge is 2.24. The summed E-state index contributed by atoms with van der Waals surface area (Å²) in [6.07, 6.45) is 1.76. The molecule has 0 unspecified atom stereocenters. The lowest BCUT2D eigenvalue weighted by Gasteiger charge is -2.15. The summed E-state index contributed by atoms with van der Waals surface area (Å²) in [5.41, 5.74) is 4.38. The van der Waals surface area contributed by atoms with Crippen molar-refractivity contribution in [3.05, 3.63) is 33.8 Å². The lowest BCUT2D eigenvalue weighted by atomic mass is 10.2. The molecule has 0 aliphatic carbocycles. The van der Waals surface area contributed by atoms with Crippen LogP contribution in [0.2, 0.25) is 10.0 Å². The molecule has 8 heteroatoms. The highest BCUT2D eigenvalue weighted by molar-refractivity contribution is 6.37. The minimum atomic E-state index is -0.879. The van der Waals surface area contributed by atoms with E-state index in [9.17, 15) is 14.4 Å². The van der Waals surface area contributed by atoms with E-state index in [1.807, 2.05) is 0 Å². The number of carbonyl (C=O) groups is 3. The van der Waals surface area contributed by atoms with Crippen LogP contribution in [0.5, 0.6) is 0 Å². The minimum Gasteiger partial charge on any atom is -0.334 e. The third-order valence-electron chi connectivity index (χ3n) is 3.05. The van der Waals surface area contributed by atoms with Crippen LogP contribution in [-0.2, 0) is 9.59 Å². The quantitative estimate of drug-likeness (QED) is 0.603. The monoisotopic (exact) mass is 329 g/mol. The summed E-state index contributed by atoms with van der Waals surface area (Å²) in [6.45, 7) is 1.12. The molecule has 112 valence electrons. The molecule has 0 spiro atoms. The summed E-state index contributed by atoms with van der Waals surface area (Å²) >= 11 is 11.6. The first-order chi connectivity index (χ1) is 9.99. The number of hydrogen-bond donors (Lipinski definition) is 2. The van der Waals surface area contributed by atoms with Gasteiger partial charge in [-0.05, 0) is 31.0 Å². The summed E-state index contributed by atoms with van der Waals surface area (Å²) in [6, 6.07) is 4.34. The van der Waals surface area contributed by atoms with E-state index in [2.05, 4.69) is 10.9 Å². The second kappa shape index (κ2) is 6.78. The van der Waals surface area contributed by atoms with Gasteiger partial charge in [-0.25, -0.2) is 0 Å². The molecule has 2 rings (SSSR count). The molecule has 1 fully saturated rings. The van der Waals surface area contributed by atoms with E-state index in [0.717, 1.165) is 12.8 Å². The van der Waals surface area contributed by atoms with Gasteiger partial charge in [-0.3, -0.25) is 25.2 Å². The molecule has 0 radical (unpaired) electrons. The maximum Gasteiger partial charge on any atom is 0.327 e. The molecule has 1 aliphatic rings. The Morgan fingerprint density at radius 3 is 2.33 bits per heavy atom. The predicted molar refractivity (Wildman–Crippen MR) is 77.9 cm³/mol. The standard InChI is InChI=1S/C13H13Cl2N3O3/c14-8-3-4-9(10(15)7-8)11(19)16-17-12(20)13(21)18-5-1-2-6-18/h3-4,7H,1-2,5-6H2,(H,16,19)(H,17,20). The van der Waals surface area contributed by atoms with E-state index < -0.39 is 17.7 Å². The van der Waals surface area contributed by atoms with Crippen molar-refractivity contribution in [1.29, 1.82) is 0 Å². The van der Waals surface area contributed by atoms with Crippen LogP contribution in [0.3, 0.4) is 0 Å². The number of likely N-dealkylation sites (tertiary alicyclic amines) is 1. The largest absolute Gasteiger partial charge is 0.334 e. The average Bonchev–Trinajstić information content (AvgIpc) is 2.97. The van der Waals surface area contributed by atoms with Crippen molar-refractivity contribution in [3.63, 3.8) is 0 Å². The summed E-state index contributed by atoms with van der Waals surface area (Å²) in [5, 5.41) is 0.546. The summed E-state index contributed by atoms with van der Waals surface area (Å²) in [5.74, 6) is -2.16. The van der Waals surface area contributed by atoms with Crippen molar-refractivity contribution in [3.8, 4) is 0 Å². The molecular formula is C13H13Cl2N3O3. The molecule has 1 aliphatic heterocycles. The Labute approximate surface area is 131 Å². The van der Waals surface area contributed by atoms with Gasteiger partial charge in [0, 0.05) is 18.1 Å². The van der Waals surface area contributed by atoms with Crippen LogP contribution >= 0.6 is 23.2 Å². The van der Waals surface area contributed by atoms with Gasteiger partial charge < -0.3 is 4.90 Å². The number of hydrogen-bond acceptors (Lipinski definition) is 3. The van der Waals surface area contributed by atoms with Crippen molar-refractivity contribution in [2.75, 3.05) is 13.1 Å². The number of halogens is 2. The first-order valence-electron chi connectivity index (χ1n) is 6.33. The number of amides is 3. The maximum atomic E-state index is 11.8. The summed E-state index contributed by atoms with van der Waals surface area (Å²) in [7, 11) is 0. The normalized spacial score (nSPS) is 13.9. The Morgan fingerprint density at radius 2 is 1.71 bits per heavy atom. The van der Waals surface area contributed by atoms with Gasteiger partial charge in [-0.1, -0.05) is 23.2 Å². The molecule has 1 aromatic rings. The predicted octanol–water partition coefficient (Wildman–Crippen LogP) is 1.38. The molecule has 0 atom stereocenters. The third-order valence-corrected chi connectivity index (χ3v) is 3.60. The van der Waals surface area contributed by atoms with Crippen LogP contribution in [0.15, 0.2) is 18.2 Å². The second-order valence-corrected chi connectivity index (χ2v) is 5.38. The van der Waals surface area contributed by atoms with Gasteiger partial charge >= 0.3 is 11.8 Å². The van der Waals surface area contributed by atoms with Crippen LogP contribution in [0.1, 0.15) is 23.2 Å². The minimum absolute atomic E-state index is 0.148. The highest BCUT2D eigenvalue weighted by Crippen LogP contribution is 2.20. The molecule has 1 heterocycles. The van der Waals surface area contributed by atoms with E-state index in [0.29, 0.717) is 18.1 Å². The Morgan fingerprint density at radius 1 is 1.05 bits per heavy atom. The summed E-state index contributed by atoms with van der Waals surface area (Å²) < 4.78 is 0. The molecule has 2 N–H and O–H groups in total. The number of nitrogens with zero attached hydrogens (tertiary/aromatic N) is 1. The van der Waals surface area contributed by atoms with Gasteiger partial charge in [0.05, 0.1) is 10.6 Å². The fourth-order valence-corrected chi connectivity index (χ4v) is 2.47. The third kappa shape index (κ3) is 3.86. The molecular weight excluding hydrogens is 317 g/mol. The molecule has 1 aromatic carbocycles. The Balaban J connectivity index is 1.91. The lowest BCUT2D eigenvalue weighted by molar-refractivity contribution is -0.145. The van der Waals surface area contributed by atoms with Gasteiger partial charge in [0.1, 0.15) is 0 Å². The zero-order valence-corrected chi connectivity index (χ0v) is 12.5. The molecule has 3 amide bonds. The van der Waals surface area contributed by atoms with Crippen LogP contribution in [0.25, 0.3) is 0 Å². The first-order valence-corrected chi connectivity index (χ1v) is 7.09. The number of nitrogens with one attached hydrogen (secondary N) is 2. The highest BCUT2D eigenvalue weighted by atomic mass is 35.5. The van der Waals surface area contributed by atoms with E-state index in [-0.39, 0.29) is 10.6 Å². The van der Waals surface area contributed by atoms with Crippen molar-refractivity contribution < 1.29 is 14.4 Å². The van der Waals surface area contributed by atoms with Gasteiger partial charge in [0.2, 0.25) is 0 Å². The summed E-state index contributed by atoms with van der Waals surface area (Å²) in [4.78, 5) is 36.6. The van der Waals surface area contributed by atoms with Crippen LogP contribution in [0, 0.1) is 0 Å². The number of hydrazine groups is 1. The van der Waals surface area contributed by atoms with Crippen molar-refractivity contribution in [1.82, 2.24) is 15.8 Å². The van der Waals surface area contributed by atoms with Crippen LogP contribution in [0.4, 0.5) is 0 Å². The van der Waals surface area contributed by atoms with E-state index >= 15 is 0 Å². The second-order valence-electron chi connectivity index (χ2n) is 4.53. The number of carbonyl (C=O) groups excluding carboxylic acids is 3. The van der Waals surface area contributed by atoms with E-state index in [1.165, 1.54) is 23.1 Å². The topological polar surface area (TPSA) is 78.5 Å². The average molecular weight is 330 g/mol. The lowest BCUT2D eigenvalue weighted by Crippen LogP contribution is -2.49. The first kappa shape index (κ1) is 15.6. The fourth-order valence-electron chi connectivity index (χ4n) is 1.97.